The number of thiophene rings is 2. The molecule has 2 aromatic heterocycles. The number of halogens is 2. The summed E-state index contributed by atoms with van der Waals surface area (Å²) in [5.74, 6) is -0.0180. The lowest BCUT2D eigenvalue weighted by Gasteiger charge is -2.20. The van der Waals surface area contributed by atoms with Crippen LogP contribution in [0.5, 0.6) is 11.5 Å². The normalized spacial score (nSPS) is 11.2. The Balaban J connectivity index is 1.74. The van der Waals surface area contributed by atoms with Crippen molar-refractivity contribution in [3.05, 3.63) is 74.6 Å². The lowest BCUT2D eigenvalue weighted by molar-refractivity contribution is -0.127. The molecule has 0 unspecified atom stereocenters. The van der Waals surface area contributed by atoms with Crippen molar-refractivity contribution < 1.29 is 23.0 Å². The second kappa shape index (κ2) is 10.2. The summed E-state index contributed by atoms with van der Waals surface area (Å²) in [7, 11) is 1.37. The standard InChI is InChI=1S/C21H19F2NO3S2/c1-26-19-12-15(6-8-18(19)27-21(22)23)7-9-20(25)24(13-16-4-2-10-28-16)14-17-5-3-11-29-17/h2-12,21H,13-14H2,1H3/b9-7+. The molecular weight excluding hydrogens is 416 g/mol. The number of rotatable bonds is 9. The molecule has 0 aliphatic carbocycles. The van der Waals surface area contributed by atoms with Crippen molar-refractivity contribution in [2.45, 2.75) is 19.7 Å². The average molecular weight is 436 g/mol. The fraction of sp³-hybridized carbons (Fsp3) is 0.190. The Bertz CT molecular complexity index is 905. The second-order valence-corrected chi connectivity index (χ2v) is 8.04. The van der Waals surface area contributed by atoms with E-state index in [1.165, 1.54) is 19.3 Å². The van der Waals surface area contributed by atoms with Crippen molar-refractivity contribution in [2.75, 3.05) is 7.11 Å². The van der Waals surface area contributed by atoms with Gasteiger partial charge in [-0.25, -0.2) is 0 Å². The van der Waals surface area contributed by atoms with Gasteiger partial charge in [-0.3, -0.25) is 4.79 Å². The zero-order valence-electron chi connectivity index (χ0n) is 15.6. The summed E-state index contributed by atoms with van der Waals surface area (Å²) in [6, 6.07) is 12.4. The summed E-state index contributed by atoms with van der Waals surface area (Å²) in [6.07, 6.45) is 3.11. The van der Waals surface area contributed by atoms with E-state index in [2.05, 4.69) is 4.74 Å². The third-order valence-electron chi connectivity index (χ3n) is 3.99. The monoisotopic (exact) mass is 435 g/mol. The molecule has 4 nitrogen and oxygen atoms in total. The van der Waals surface area contributed by atoms with E-state index in [4.69, 9.17) is 4.74 Å². The molecule has 3 aromatic rings. The van der Waals surface area contributed by atoms with Gasteiger partial charge in [-0.1, -0.05) is 18.2 Å². The Hall–Kier alpha value is -2.71. The molecule has 0 radical (unpaired) electrons. The van der Waals surface area contributed by atoms with E-state index >= 15 is 0 Å². The van der Waals surface area contributed by atoms with Crippen molar-refractivity contribution in [1.29, 1.82) is 0 Å². The third-order valence-corrected chi connectivity index (χ3v) is 5.71. The van der Waals surface area contributed by atoms with Crippen molar-refractivity contribution in [1.82, 2.24) is 4.90 Å². The number of hydrogen-bond donors (Lipinski definition) is 0. The molecule has 8 heteroatoms. The summed E-state index contributed by atoms with van der Waals surface area (Å²) < 4.78 is 34.4. The van der Waals surface area contributed by atoms with Crippen LogP contribution in [0.25, 0.3) is 6.08 Å². The molecule has 152 valence electrons. The molecule has 0 aliphatic heterocycles. The minimum absolute atomic E-state index is 0.0528. The lowest BCUT2D eigenvalue weighted by Crippen LogP contribution is -2.27. The van der Waals surface area contributed by atoms with E-state index in [-0.39, 0.29) is 17.4 Å². The quantitative estimate of drug-likeness (QED) is 0.407. The molecule has 0 fully saturated rings. The van der Waals surface area contributed by atoms with Gasteiger partial charge in [-0.05, 0) is 46.7 Å². The third kappa shape index (κ3) is 6.13. The molecule has 0 N–H and O–H groups in total. The molecule has 29 heavy (non-hydrogen) atoms. The van der Waals surface area contributed by atoms with Crippen LogP contribution in [0.15, 0.2) is 59.3 Å². The van der Waals surface area contributed by atoms with Crippen LogP contribution in [0.4, 0.5) is 8.78 Å². The van der Waals surface area contributed by atoms with Crippen molar-refractivity contribution in [3.63, 3.8) is 0 Å². The molecule has 0 bridgehead atoms. The van der Waals surface area contributed by atoms with Gasteiger partial charge < -0.3 is 14.4 Å². The van der Waals surface area contributed by atoms with Crippen LogP contribution in [0.1, 0.15) is 15.3 Å². The Morgan fingerprint density at radius 2 is 1.72 bits per heavy atom. The number of nitrogens with zero attached hydrogens (tertiary/aromatic N) is 1. The molecular formula is C21H19F2NO3S2. The summed E-state index contributed by atoms with van der Waals surface area (Å²) >= 11 is 3.20. The van der Waals surface area contributed by atoms with Gasteiger partial charge in [0.05, 0.1) is 20.2 Å². The topological polar surface area (TPSA) is 38.8 Å². The van der Waals surface area contributed by atoms with Crippen LogP contribution in [-0.2, 0) is 17.9 Å². The Morgan fingerprint density at radius 1 is 1.07 bits per heavy atom. The fourth-order valence-electron chi connectivity index (χ4n) is 2.65. The van der Waals surface area contributed by atoms with Crippen LogP contribution < -0.4 is 9.47 Å². The van der Waals surface area contributed by atoms with Gasteiger partial charge in [0.15, 0.2) is 11.5 Å². The maximum atomic E-state index is 12.8. The number of methoxy groups -OCH3 is 1. The molecule has 1 amide bonds. The van der Waals surface area contributed by atoms with E-state index in [9.17, 15) is 13.6 Å². The molecule has 0 spiro atoms. The lowest BCUT2D eigenvalue weighted by atomic mass is 10.2. The second-order valence-electron chi connectivity index (χ2n) is 5.98. The molecule has 0 aliphatic rings. The minimum atomic E-state index is -2.94. The number of amides is 1. The van der Waals surface area contributed by atoms with Crippen molar-refractivity contribution in [2.24, 2.45) is 0 Å². The Morgan fingerprint density at radius 3 is 2.24 bits per heavy atom. The maximum Gasteiger partial charge on any atom is 0.387 e. The number of hydrogen-bond acceptors (Lipinski definition) is 5. The van der Waals surface area contributed by atoms with Gasteiger partial charge in [0, 0.05) is 15.8 Å². The Labute approximate surface area is 175 Å². The van der Waals surface area contributed by atoms with E-state index < -0.39 is 6.61 Å². The van der Waals surface area contributed by atoms with Gasteiger partial charge in [0.25, 0.3) is 0 Å². The first-order chi connectivity index (χ1) is 14.0. The molecule has 0 saturated heterocycles. The Kier molecular flexibility index (Phi) is 7.37. The van der Waals surface area contributed by atoms with Gasteiger partial charge in [-0.2, -0.15) is 8.78 Å². The summed E-state index contributed by atoms with van der Waals surface area (Å²) in [6.45, 7) is -1.90. The predicted octanol–water partition coefficient (Wildman–Crippen LogP) is 5.66. The first kappa shape index (κ1) is 21.0. The van der Waals surface area contributed by atoms with E-state index in [0.29, 0.717) is 18.7 Å². The van der Waals surface area contributed by atoms with Crippen LogP contribution in [0, 0.1) is 0 Å². The van der Waals surface area contributed by atoms with Crippen LogP contribution in [0.3, 0.4) is 0 Å². The molecule has 1 aromatic carbocycles. The first-order valence-corrected chi connectivity index (χ1v) is 10.5. The molecule has 2 heterocycles. The van der Waals surface area contributed by atoms with Gasteiger partial charge in [0.2, 0.25) is 5.91 Å². The van der Waals surface area contributed by atoms with E-state index in [1.54, 1.807) is 45.8 Å². The largest absolute Gasteiger partial charge is 0.493 e. The number of carbonyl (C=O) groups excluding carboxylic acids is 1. The fourth-order valence-corrected chi connectivity index (χ4v) is 4.09. The zero-order chi connectivity index (χ0) is 20.6. The highest BCUT2D eigenvalue weighted by molar-refractivity contribution is 7.10. The highest BCUT2D eigenvalue weighted by Crippen LogP contribution is 2.30. The predicted molar refractivity (Wildman–Crippen MR) is 112 cm³/mol. The maximum absolute atomic E-state index is 12.8. The number of ether oxygens (including phenoxy) is 2. The first-order valence-electron chi connectivity index (χ1n) is 8.69. The summed E-state index contributed by atoms with van der Waals surface area (Å²) in [5.41, 5.74) is 0.643. The molecule has 0 saturated carbocycles. The number of benzene rings is 1. The van der Waals surface area contributed by atoms with E-state index in [1.807, 2.05) is 35.0 Å². The SMILES string of the molecule is COc1cc(/C=C/C(=O)N(Cc2cccs2)Cc2cccs2)ccc1OC(F)F. The van der Waals surface area contributed by atoms with Gasteiger partial charge in [-0.15, -0.1) is 22.7 Å². The van der Waals surface area contributed by atoms with Crippen molar-refractivity contribution >= 4 is 34.7 Å². The summed E-state index contributed by atoms with van der Waals surface area (Å²) in [4.78, 5) is 16.8. The van der Waals surface area contributed by atoms with Crippen molar-refractivity contribution in [3.8, 4) is 11.5 Å². The average Bonchev–Trinajstić information content (AvgIpc) is 3.40. The smallest absolute Gasteiger partial charge is 0.387 e. The summed E-state index contributed by atoms with van der Waals surface area (Å²) in [5, 5.41) is 3.96. The minimum Gasteiger partial charge on any atom is -0.493 e. The number of alkyl halides is 2. The molecule has 0 atom stereocenters. The number of carbonyl (C=O) groups is 1. The highest BCUT2D eigenvalue weighted by Gasteiger charge is 2.14. The van der Waals surface area contributed by atoms with Crippen LogP contribution in [0.2, 0.25) is 0 Å². The van der Waals surface area contributed by atoms with Gasteiger partial charge >= 0.3 is 6.61 Å². The van der Waals surface area contributed by atoms with E-state index in [0.717, 1.165) is 9.75 Å². The zero-order valence-corrected chi connectivity index (χ0v) is 17.2. The highest BCUT2D eigenvalue weighted by atomic mass is 32.1. The van der Waals surface area contributed by atoms with Gasteiger partial charge in [0.1, 0.15) is 0 Å². The van der Waals surface area contributed by atoms with Crippen LogP contribution in [-0.4, -0.2) is 24.5 Å². The molecule has 3 rings (SSSR count). The van der Waals surface area contributed by atoms with Crippen LogP contribution >= 0.6 is 22.7 Å².